The lowest BCUT2D eigenvalue weighted by atomic mass is 9.69. The second-order valence-electron chi connectivity index (χ2n) is 7.89. The van der Waals surface area contributed by atoms with E-state index in [0.717, 1.165) is 23.8 Å². The van der Waals surface area contributed by atoms with Crippen molar-refractivity contribution in [2.45, 2.75) is 45.4 Å². The first kappa shape index (κ1) is 20.3. The quantitative estimate of drug-likeness (QED) is 0.545. The van der Waals surface area contributed by atoms with Crippen LogP contribution in [-0.4, -0.2) is 25.7 Å². The summed E-state index contributed by atoms with van der Waals surface area (Å²) in [5, 5.41) is 0. The molecule has 0 saturated heterocycles. The van der Waals surface area contributed by atoms with Gasteiger partial charge in [-0.3, -0.25) is 4.79 Å². The van der Waals surface area contributed by atoms with Crippen LogP contribution >= 0.6 is 0 Å². The van der Waals surface area contributed by atoms with Gasteiger partial charge >= 0.3 is 0 Å². The van der Waals surface area contributed by atoms with Gasteiger partial charge in [-0.1, -0.05) is 19.1 Å². The lowest BCUT2D eigenvalue weighted by Crippen LogP contribution is -2.36. The molecule has 0 fully saturated rings. The van der Waals surface area contributed by atoms with E-state index >= 15 is 0 Å². The molecular weight excluding hydrogens is 384 g/mol. The van der Waals surface area contributed by atoms with Crippen LogP contribution in [-0.2, 0) is 22.4 Å². The zero-order chi connectivity index (χ0) is 21.0. The van der Waals surface area contributed by atoms with E-state index in [1.54, 1.807) is 0 Å². The fourth-order valence-electron chi connectivity index (χ4n) is 4.29. The van der Waals surface area contributed by atoms with Gasteiger partial charge in [-0.15, -0.1) is 0 Å². The van der Waals surface area contributed by atoms with Gasteiger partial charge in [-0.2, -0.15) is 0 Å². The van der Waals surface area contributed by atoms with Crippen molar-refractivity contribution in [1.82, 2.24) is 0 Å². The van der Waals surface area contributed by atoms with Crippen molar-refractivity contribution in [2.75, 3.05) is 13.6 Å². The Kier molecular flexibility index (Phi) is 5.93. The largest absolute Gasteiger partial charge is 0.454 e. The SMILES string of the molecule is CCCC(=O)C(CCC=O)(Cc1ccc2c(c1)OCO2)Cc1ccc2c(c1)OCO2. The highest BCUT2D eigenvalue weighted by Crippen LogP contribution is 2.41. The molecule has 4 rings (SSSR count). The highest BCUT2D eigenvalue weighted by Gasteiger charge is 2.38. The molecular formula is C24H26O6. The fourth-order valence-corrected chi connectivity index (χ4v) is 4.29. The van der Waals surface area contributed by atoms with Crippen LogP contribution in [0.4, 0.5) is 0 Å². The highest BCUT2D eigenvalue weighted by molar-refractivity contribution is 5.86. The molecule has 2 heterocycles. The molecule has 0 amide bonds. The van der Waals surface area contributed by atoms with Gasteiger partial charge in [-0.25, -0.2) is 0 Å². The third-order valence-electron chi connectivity index (χ3n) is 5.77. The van der Waals surface area contributed by atoms with Crippen molar-refractivity contribution in [1.29, 1.82) is 0 Å². The van der Waals surface area contributed by atoms with Gasteiger partial charge < -0.3 is 23.7 Å². The first-order valence-corrected chi connectivity index (χ1v) is 10.4. The zero-order valence-corrected chi connectivity index (χ0v) is 17.1. The molecule has 2 aromatic carbocycles. The maximum atomic E-state index is 13.4. The fraction of sp³-hybridized carbons (Fsp3) is 0.417. The number of hydrogen-bond donors (Lipinski definition) is 0. The van der Waals surface area contributed by atoms with E-state index in [4.69, 9.17) is 18.9 Å². The predicted octanol–water partition coefficient (Wildman–Crippen LogP) is 4.26. The number of aldehydes is 1. The van der Waals surface area contributed by atoms with Crippen molar-refractivity contribution in [3.05, 3.63) is 47.5 Å². The van der Waals surface area contributed by atoms with E-state index in [9.17, 15) is 9.59 Å². The van der Waals surface area contributed by atoms with E-state index < -0.39 is 5.41 Å². The normalized spacial score (nSPS) is 14.0. The number of benzene rings is 2. The van der Waals surface area contributed by atoms with E-state index in [0.29, 0.717) is 55.1 Å². The standard InChI is InChI=1S/C24H26O6/c1-2-4-23(26)24(9-3-10-25,13-17-5-7-19-21(11-17)29-15-27-19)14-18-6-8-20-22(12-18)30-16-28-20/h5-8,10-12H,2-4,9,13-16H2,1H3. The molecule has 6 heteroatoms. The molecule has 0 N–H and O–H groups in total. The van der Waals surface area contributed by atoms with Gasteiger partial charge in [0.15, 0.2) is 23.0 Å². The molecule has 0 aliphatic carbocycles. The van der Waals surface area contributed by atoms with Gasteiger partial charge in [0, 0.05) is 18.3 Å². The summed E-state index contributed by atoms with van der Waals surface area (Å²) in [5.41, 5.74) is 1.31. The Balaban J connectivity index is 1.68. The van der Waals surface area contributed by atoms with E-state index in [-0.39, 0.29) is 19.4 Å². The average molecular weight is 410 g/mol. The third kappa shape index (κ3) is 4.13. The van der Waals surface area contributed by atoms with Crippen LogP contribution < -0.4 is 18.9 Å². The summed E-state index contributed by atoms with van der Waals surface area (Å²) in [6.45, 7) is 2.42. The van der Waals surface area contributed by atoms with Crippen LogP contribution in [0.5, 0.6) is 23.0 Å². The Hall–Kier alpha value is -3.02. The zero-order valence-electron chi connectivity index (χ0n) is 17.1. The van der Waals surface area contributed by atoms with Crippen molar-refractivity contribution < 1.29 is 28.5 Å². The lowest BCUT2D eigenvalue weighted by molar-refractivity contribution is -0.129. The van der Waals surface area contributed by atoms with E-state index in [2.05, 4.69) is 0 Å². The van der Waals surface area contributed by atoms with Crippen LogP contribution in [0.1, 0.15) is 43.7 Å². The molecule has 0 unspecified atom stereocenters. The first-order chi connectivity index (χ1) is 14.6. The van der Waals surface area contributed by atoms with Crippen LogP contribution in [0, 0.1) is 5.41 Å². The minimum absolute atomic E-state index is 0.183. The van der Waals surface area contributed by atoms with Crippen LogP contribution in [0.15, 0.2) is 36.4 Å². The third-order valence-corrected chi connectivity index (χ3v) is 5.77. The number of hydrogen-bond acceptors (Lipinski definition) is 6. The Morgan fingerprint density at radius 3 is 1.93 bits per heavy atom. The molecule has 2 aliphatic rings. The van der Waals surface area contributed by atoms with Crippen LogP contribution in [0.25, 0.3) is 0 Å². The Labute approximate surface area is 176 Å². The number of fused-ring (bicyclic) bond motifs is 2. The molecule has 0 aromatic heterocycles. The Morgan fingerprint density at radius 2 is 1.43 bits per heavy atom. The number of ether oxygens (including phenoxy) is 4. The number of rotatable bonds is 10. The molecule has 2 aliphatic heterocycles. The summed E-state index contributed by atoms with van der Waals surface area (Å²) in [7, 11) is 0. The van der Waals surface area contributed by atoms with E-state index in [1.807, 2.05) is 43.3 Å². The van der Waals surface area contributed by atoms with Crippen molar-refractivity contribution in [2.24, 2.45) is 5.41 Å². The summed E-state index contributed by atoms with van der Waals surface area (Å²) >= 11 is 0. The summed E-state index contributed by atoms with van der Waals surface area (Å²) in [6.07, 6.45) is 4.05. The monoisotopic (exact) mass is 410 g/mol. The topological polar surface area (TPSA) is 71.1 Å². The summed E-state index contributed by atoms with van der Waals surface area (Å²) in [5.74, 6) is 3.01. The summed E-state index contributed by atoms with van der Waals surface area (Å²) < 4.78 is 21.9. The van der Waals surface area contributed by atoms with Gasteiger partial charge in [0.1, 0.15) is 12.1 Å². The molecule has 6 nitrogen and oxygen atoms in total. The van der Waals surface area contributed by atoms with Crippen molar-refractivity contribution in [3.63, 3.8) is 0 Å². The number of Topliss-reactive ketones (excluding diaryl/α,β-unsaturated/α-hetero) is 1. The molecule has 2 aromatic rings. The maximum Gasteiger partial charge on any atom is 0.231 e. The highest BCUT2D eigenvalue weighted by atomic mass is 16.7. The molecule has 0 bridgehead atoms. The number of carbonyl (C=O) groups is 2. The van der Waals surface area contributed by atoms with Gasteiger partial charge in [-0.05, 0) is 61.1 Å². The molecule has 0 atom stereocenters. The smallest absolute Gasteiger partial charge is 0.231 e. The molecule has 0 radical (unpaired) electrons. The second-order valence-corrected chi connectivity index (χ2v) is 7.89. The average Bonchev–Trinajstić information content (AvgIpc) is 3.40. The molecule has 30 heavy (non-hydrogen) atoms. The predicted molar refractivity (Wildman–Crippen MR) is 110 cm³/mol. The van der Waals surface area contributed by atoms with Crippen LogP contribution in [0.3, 0.4) is 0 Å². The minimum Gasteiger partial charge on any atom is -0.454 e. The molecule has 158 valence electrons. The number of carbonyl (C=O) groups excluding carboxylic acids is 2. The van der Waals surface area contributed by atoms with Crippen molar-refractivity contribution in [3.8, 4) is 23.0 Å². The Morgan fingerprint density at radius 1 is 0.900 bits per heavy atom. The van der Waals surface area contributed by atoms with E-state index in [1.165, 1.54) is 0 Å². The number of ketones is 1. The Bertz CT molecular complexity index is 876. The van der Waals surface area contributed by atoms with Crippen LogP contribution in [0.2, 0.25) is 0 Å². The minimum atomic E-state index is -0.682. The van der Waals surface area contributed by atoms with Gasteiger partial charge in [0.25, 0.3) is 0 Å². The molecule has 0 saturated carbocycles. The molecule has 0 spiro atoms. The van der Waals surface area contributed by atoms with Crippen molar-refractivity contribution >= 4 is 12.1 Å². The summed E-state index contributed by atoms with van der Waals surface area (Å²) in [4.78, 5) is 24.7. The summed E-state index contributed by atoms with van der Waals surface area (Å²) in [6, 6.07) is 11.6. The first-order valence-electron chi connectivity index (χ1n) is 10.4. The second kappa shape index (κ2) is 8.78. The van der Waals surface area contributed by atoms with Gasteiger partial charge in [0.05, 0.1) is 0 Å². The lowest BCUT2D eigenvalue weighted by Gasteiger charge is -2.33. The maximum absolute atomic E-state index is 13.4. The van der Waals surface area contributed by atoms with Gasteiger partial charge in [0.2, 0.25) is 13.6 Å².